The number of hydrogen-bond acceptors (Lipinski definition) is 2. The zero-order valence-corrected chi connectivity index (χ0v) is 11.5. The standard InChI is InChI=1S/C13H18BrNO/c1-13(2,10-16)9-4-3-6-11-7-5-8-12(14)15-11/h5,7-8,10H,3-4,6,9H2,1-2H3. The van der Waals surface area contributed by atoms with E-state index in [0.29, 0.717) is 0 Å². The van der Waals surface area contributed by atoms with Crippen LogP contribution in [0.4, 0.5) is 0 Å². The highest BCUT2D eigenvalue weighted by atomic mass is 79.9. The van der Waals surface area contributed by atoms with Gasteiger partial charge in [-0.1, -0.05) is 26.3 Å². The number of carbonyl (C=O) groups excluding carboxylic acids is 1. The van der Waals surface area contributed by atoms with E-state index >= 15 is 0 Å². The lowest BCUT2D eigenvalue weighted by atomic mass is 9.89. The maximum absolute atomic E-state index is 10.7. The van der Waals surface area contributed by atoms with Crippen LogP contribution in [0.25, 0.3) is 0 Å². The molecule has 1 heterocycles. The fraction of sp³-hybridized carbons (Fsp3) is 0.538. The Bertz CT molecular complexity index is 350. The van der Waals surface area contributed by atoms with Gasteiger partial charge in [-0.05, 0) is 47.3 Å². The topological polar surface area (TPSA) is 30.0 Å². The number of aldehydes is 1. The third kappa shape index (κ3) is 4.88. The molecule has 0 aliphatic rings. The molecule has 2 nitrogen and oxygen atoms in total. The van der Waals surface area contributed by atoms with Gasteiger partial charge in [0.15, 0.2) is 0 Å². The lowest BCUT2D eigenvalue weighted by molar-refractivity contribution is -0.115. The quantitative estimate of drug-likeness (QED) is 0.452. The Morgan fingerprint density at radius 2 is 2.12 bits per heavy atom. The van der Waals surface area contributed by atoms with Gasteiger partial charge in [0.25, 0.3) is 0 Å². The molecule has 0 spiro atoms. The Labute approximate surface area is 106 Å². The molecule has 0 aromatic carbocycles. The zero-order chi connectivity index (χ0) is 12.0. The van der Waals surface area contributed by atoms with Crippen LogP contribution < -0.4 is 0 Å². The van der Waals surface area contributed by atoms with E-state index in [-0.39, 0.29) is 5.41 Å². The molecule has 1 aromatic heterocycles. The molecular formula is C13H18BrNO. The second kappa shape index (κ2) is 6.14. The average Bonchev–Trinajstić information content (AvgIpc) is 2.25. The minimum Gasteiger partial charge on any atom is -0.303 e. The highest BCUT2D eigenvalue weighted by Crippen LogP contribution is 2.20. The van der Waals surface area contributed by atoms with Gasteiger partial charge in [0.2, 0.25) is 0 Å². The van der Waals surface area contributed by atoms with E-state index < -0.39 is 0 Å². The molecule has 16 heavy (non-hydrogen) atoms. The minimum atomic E-state index is -0.176. The monoisotopic (exact) mass is 283 g/mol. The van der Waals surface area contributed by atoms with Crippen molar-refractivity contribution in [1.82, 2.24) is 4.98 Å². The average molecular weight is 284 g/mol. The van der Waals surface area contributed by atoms with Gasteiger partial charge in [0, 0.05) is 11.1 Å². The Balaban J connectivity index is 2.29. The molecule has 3 heteroatoms. The minimum absolute atomic E-state index is 0.176. The first-order valence-corrected chi connectivity index (χ1v) is 6.40. The van der Waals surface area contributed by atoms with Crippen LogP contribution in [0.2, 0.25) is 0 Å². The van der Waals surface area contributed by atoms with Crippen molar-refractivity contribution in [2.45, 2.75) is 39.5 Å². The molecule has 0 aliphatic heterocycles. The number of nitrogens with zero attached hydrogens (tertiary/aromatic N) is 1. The normalized spacial score (nSPS) is 11.4. The van der Waals surface area contributed by atoms with Crippen molar-refractivity contribution in [2.24, 2.45) is 5.41 Å². The fourth-order valence-electron chi connectivity index (χ4n) is 1.54. The molecule has 0 saturated heterocycles. The van der Waals surface area contributed by atoms with Crippen molar-refractivity contribution in [2.75, 3.05) is 0 Å². The van der Waals surface area contributed by atoms with E-state index in [1.165, 1.54) is 0 Å². The summed E-state index contributed by atoms with van der Waals surface area (Å²) in [5.74, 6) is 0. The number of pyridine rings is 1. The summed E-state index contributed by atoms with van der Waals surface area (Å²) < 4.78 is 0.887. The van der Waals surface area contributed by atoms with Crippen molar-refractivity contribution in [3.05, 3.63) is 28.5 Å². The molecule has 0 atom stereocenters. The van der Waals surface area contributed by atoms with Crippen molar-refractivity contribution in [3.8, 4) is 0 Å². The summed E-state index contributed by atoms with van der Waals surface area (Å²) in [6.07, 6.45) is 5.13. The predicted octanol–water partition coefficient (Wildman–Crippen LogP) is 3.78. The highest BCUT2D eigenvalue weighted by Gasteiger charge is 2.15. The van der Waals surface area contributed by atoms with Crippen LogP contribution in [0.15, 0.2) is 22.8 Å². The van der Waals surface area contributed by atoms with Gasteiger partial charge in [0.05, 0.1) is 0 Å². The van der Waals surface area contributed by atoms with Gasteiger partial charge >= 0.3 is 0 Å². The summed E-state index contributed by atoms with van der Waals surface area (Å²) in [6, 6.07) is 5.97. The van der Waals surface area contributed by atoms with Gasteiger partial charge in [-0.15, -0.1) is 0 Å². The van der Waals surface area contributed by atoms with Gasteiger partial charge in [-0.3, -0.25) is 0 Å². The van der Waals surface area contributed by atoms with E-state index in [1.54, 1.807) is 0 Å². The van der Waals surface area contributed by atoms with Gasteiger partial charge < -0.3 is 4.79 Å². The number of rotatable bonds is 6. The smallest absolute Gasteiger partial charge is 0.125 e. The first-order chi connectivity index (χ1) is 7.53. The lowest BCUT2D eigenvalue weighted by Gasteiger charge is -2.15. The molecule has 1 rings (SSSR count). The van der Waals surface area contributed by atoms with E-state index in [0.717, 1.165) is 42.3 Å². The molecule has 1 aromatic rings. The molecule has 0 amide bonds. The predicted molar refractivity (Wildman–Crippen MR) is 69.3 cm³/mol. The van der Waals surface area contributed by atoms with Crippen LogP contribution in [0.3, 0.4) is 0 Å². The Hall–Kier alpha value is -0.700. The Morgan fingerprint density at radius 3 is 2.75 bits per heavy atom. The largest absolute Gasteiger partial charge is 0.303 e. The third-order valence-corrected chi connectivity index (χ3v) is 3.04. The maximum atomic E-state index is 10.7. The second-order valence-electron chi connectivity index (χ2n) is 4.77. The van der Waals surface area contributed by atoms with E-state index in [1.807, 2.05) is 32.0 Å². The molecule has 88 valence electrons. The maximum Gasteiger partial charge on any atom is 0.125 e. The summed E-state index contributed by atoms with van der Waals surface area (Å²) in [5, 5.41) is 0. The molecule has 0 N–H and O–H groups in total. The fourth-order valence-corrected chi connectivity index (χ4v) is 1.92. The van der Waals surface area contributed by atoms with Crippen LogP contribution in [0.5, 0.6) is 0 Å². The molecular weight excluding hydrogens is 266 g/mol. The van der Waals surface area contributed by atoms with Crippen LogP contribution >= 0.6 is 15.9 Å². The van der Waals surface area contributed by atoms with Crippen molar-refractivity contribution in [3.63, 3.8) is 0 Å². The summed E-state index contributed by atoms with van der Waals surface area (Å²) in [6.45, 7) is 3.97. The van der Waals surface area contributed by atoms with E-state index in [9.17, 15) is 4.79 Å². The molecule has 0 fully saturated rings. The van der Waals surface area contributed by atoms with Gasteiger partial charge in [0.1, 0.15) is 10.9 Å². The van der Waals surface area contributed by atoms with Crippen LogP contribution in [-0.2, 0) is 11.2 Å². The van der Waals surface area contributed by atoms with Crippen molar-refractivity contribution in [1.29, 1.82) is 0 Å². The first-order valence-electron chi connectivity index (χ1n) is 5.61. The number of aromatic nitrogens is 1. The molecule has 0 saturated carbocycles. The molecule has 0 bridgehead atoms. The van der Waals surface area contributed by atoms with Crippen molar-refractivity contribution < 1.29 is 4.79 Å². The number of hydrogen-bond donors (Lipinski definition) is 0. The van der Waals surface area contributed by atoms with Gasteiger partial charge in [-0.25, -0.2) is 4.98 Å². The summed E-state index contributed by atoms with van der Waals surface area (Å²) in [5.41, 5.74) is 0.934. The zero-order valence-electron chi connectivity index (χ0n) is 9.87. The number of aryl methyl sites for hydroxylation is 1. The number of unbranched alkanes of at least 4 members (excludes halogenated alkanes) is 1. The van der Waals surface area contributed by atoms with Crippen molar-refractivity contribution >= 4 is 22.2 Å². The molecule has 0 unspecified atom stereocenters. The van der Waals surface area contributed by atoms with Crippen LogP contribution in [0.1, 0.15) is 38.8 Å². The van der Waals surface area contributed by atoms with E-state index in [2.05, 4.69) is 20.9 Å². The number of carbonyl (C=O) groups is 1. The summed E-state index contributed by atoms with van der Waals surface area (Å²) in [7, 11) is 0. The van der Waals surface area contributed by atoms with Crippen LogP contribution in [-0.4, -0.2) is 11.3 Å². The molecule has 0 radical (unpaired) electrons. The summed E-state index contributed by atoms with van der Waals surface area (Å²) >= 11 is 3.36. The Kier molecular flexibility index (Phi) is 5.13. The molecule has 0 aliphatic carbocycles. The third-order valence-electron chi connectivity index (χ3n) is 2.60. The SMILES string of the molecule is CC(C)(C=O)CCCCc1cccc(Br)n1. The number of halogens is 1. The highest BCUT2D eigenvalue weighted by molar-refractivity contribution is 9.10. The van der Waals surface area contributed by atoms with Crippen LogP contribution in [0, 0.1) is 5.41 Å². The first kappa shape index (κ1) is 13.4. The summed E-state index contributed by atoms with van der Waals surface area (Å²) in [4.78, 5) is 15.1. The second-order valence-corrected chi connectivity index (χ2v) is 5.58. The van der Waals surface area contributed by atoms with Gasteiger partial charge in [-0.2, -0.15) is 0 Å². The lowest BCUT2D eigenvalue weighted by Crippen LogP contribution is -2.12. The Morgan fingerprint density at radius 1 is 1.38 bits per heavy atom. The van der Waals surface area contributed by atoms with E-state index in [4.69, 9.17) is 0 Å².